The zero-order valence-corrected chi connectivity index (χ0v) is 16.1. The Morgan fingerprint density at radius 1 is 1.11 bits per heavy atom. The van der Waals surface area contributed by atoms with Crippen molar-refractivity contribution in [2.24, 2.45) is 0 Å². The van der Waals surface area contributed by atoms with Gasteiger partial charge in [0.15, 0.2) is 0 Å². The fraction of sp³-hybridized carbons (Fsp3) is 0.304. The average Bonchev–Trinajstić information content (AvgIpc) is 3.26. The molecule has 1 aliphatic rings. The molecule has 2 aromatic carbocycles. The van der Waals surface area contributed by atoms with Crippen LogP contribution in [0.4, 0.5) is 0 Å². The molecule has 0 saturated carbocycles. The van der Waals surface area contributed by atoms with Gasteiger partial charge >= 0.3 is 0 Å². The summed E-state index contributed by atoms with van der Waals surface area (Å²) in [6, 6.07) is 20.7. The summed E-state index contributed by atoms with van der Waals surface area (Å²) >= 11 is 0. The first kappa shape index (κ1) is 18.4. The molecule has 2 unspecified atom stereocenters. The Balaban J connectivity index is 1.40. The van der Waals surface area contributed by atoms with Crippen LogP contribution in [0.1, 0.15) is 47.9 Å². The van der Waals surface area contributed by atoms with Gasteiger partial charge in [-0.15, -0.1) is 0 Å². The molecule has 1 amide bonds. The Labute approximate surface area is 165 Å². The van der Waals surface area contributed by atoms with E-state index >= 15 is 0 Å². The minimum atomic E-state index is -0.137. The van der Waals surface area contributed by atoms with Gasteiger partial charge in [0.25, 0.3) is 5.91 Å². The standard InChI is InChI=1S/C23H26N4O/c1-17(18-9-11-20(12-10-18)19-6-3-2-4-7-19)25-23(28)22-13-15-27(26-22)21-8-5-14-24-16-21/h2-4,6-7,9-13,15,17,21,24H,5,8,14,16H2,1H3,(H,25,28). The van der Waals surface area contributed by atoms with E-state index in [0.717, 1.165) is 31.5 Å². The fourth-order valence-electron chi connectivity index (χ4n) is 3.67. The lowest BCUT2D eigenvalue weighted by Gasteiger charge is -2.22. The monoisotopic (exact) mass is 374 g/mol. The van der Waals surface area contributed by atoms with Crippen LogP contribution in [0.5, 0.6) is 0 Å². The molecule has 0 aliphatic carbocycles. The van der Waals surface area contributed by atoms with Crippen molar-refractivity contribution >= 4 is 5.91 Å². The molecule has 1 aliphatic heterocycles. The normalized spacial score (nSPS) is 17.8. The molecule has 4 rings (SSSR count). The highest BCUT2D eigenvalue weighted by Gasteiger charge is 2.19. The second kappa shape index (κ2) is 8.40. The highest BCUT2D eigenvalue weighted by atomic mass is 16.2. The van der Waals surface area contributed by atoms with E-state index < -0.39 is 0 Å². The number of nitrogens with zero attached hydrogens (tertiary/aromatic N) is 2. The summed E-state index contributed by atoms with van der Waals surface area (Å²) in [6.07, 6.45) is 4.15. The highest BCUT2D eigenvalue weighted by Crippen LogP contribution is 2.22. The fourth-order valence-corrected chi connectivity index (χ4v) is 3.67. The molecule has 0 spiro atoms. The summed E-state index contributed by atoms with van der Waals surface area (Å²) in [7, 11) is 0. The van der Waals surface area contributed by atoms with E-state index in [2.05, 4.69) is 52.1 Å². The summed E-state index contributed by atoms with van der Waals surface area (Å²) in [5.41, 5.74) is 3.90. The maximum atomic E-state index is 12.6. The lowest BCUT2D eigenvalue weighted by Crippen LogP contribution is -2.32. The molecule has 0 bridgehead atoms. The molecule has 2 N–H and O–H groups in total. The predicted octanol–water partition coefficient (Wildman–Crippen LogP) is 3.97. The van der Waals surface area contributed by atoms with Gasteiger partial charge in [0.2, 0.25) is 0 Å². The second-order valence-corrected chi connectivity index (χ2v) is 7.36. The quantitative estimate of drug-likeness (QED) is 0.711. The molecule has 1 aromatic heterocycles. The van der Waals surface area contributed by atoms with Crippen LogP contribution in [-0.4, -0.2) is 28.8 Å². The van der Waals surface area contributed by atoms with E-state index in [-0.39, 0.29) is 11.9 Å². The topological polar surface area (TPSA) is 59.0 Å². The first-order chi connectivity index (χ1) is 13.7. The van der Waals surface area contributed by atoms with Crippen molar-refractivity contribution in [1.29, 1.82) is 0 Å². The number of aromatic nitrogens is 2. The van der Waals surface area contributed by atoms with Gasteiger partial charge in [-0.3, -0.25) is 9.48 Å². The van der Waals surface area contributed by atoms with Crippen LogP contribution in [0, 0.1) is 0 Å². The van der Waals surface area contributed by atoms with Crippen LogP contribution >= 0.6 is 0 Å². The first-order valence-electron chi connectivity index (χ1n) is 9.93. The molecule has 28 heavy (non-hydrogen) atoms. The van der Waals surface area contributed by atoms with Gasteiger partial charge in [-0.2, -0.15) is 5.10 Å². The van der Waals surface area contributed by atoms with Crippen LogP contribution < -0.4 is 10.6 Å². The Bertz CT molecular complexity index is 911. The van der Waals surface area contributed by atoms with Gasteiger partial charge in [-0.05, 0) is 49.1 Å². The minimum absolute atomic E-state index is 0.0844. The van der Waals surface area contributed by atoms with Gasteiger partial charge < -0.3 is 10.6 Å². The molecular formula is C23H26N4O. The molecule has 1 fully saturated rings. The predicted molar refractivity (Wildman–Crippen MR) is 111 cm³/mol. The first-order valence-corrected chi connectivity index (χ1v) is 9.93. The third kappa shape index (κ3) is 4.15. The number of amides is 1. The van der Waals surface area contributed by atoms with Crippen molar-refractivity contribution in [3.63, 3.8) is 0 Å². The number of carbonyl (C=O) groups is 1. The number of carbonyl (C=O) groups excluding carboxylic acids is 1. The Hall–Kier alpha value is -2.92. The van der Waals surface area contributed by atoms with Gasteiger partial charge in [0, 0.05) is 12.7 Å². The largest absolute Gasteiger partial charge is 0.344 e. The Kier molecular flexibility index (Phi) is 5.53. The number of benzene rings is 2. The zero-order chi connectivity index (χ0) is 19.3. The maximum Gasteiger partial charge on any atom is 0.272 e. The van der Waals surface area contributed by atoms with E-state index in [1.807, 2.05) is 36.0 Å². The lowest BCUT2D eigenvalue weighted by molar-refractivity contribution is 0.0933. The van der Waals surface area contributed by atoms with Crippen LogP contribution in [-0.2, 0) is 0 Å². The lowest BCUT2D eigenvalue weighted by atomic mass is 10.0. The van der Waals surface area contributed by atoms with Gasteiger partial charge in [0.1, 0.15) is 5.69 Å². The van der Waals surface area contributed by atoms with Crippen molar-refractivity contribution < 1.29 is 4.79 Å². The molecule has 144 valence electrons. The molecular weight excluding hydrogens is 348 g/mol. The molecule has 5 heteroatoms. The second-order valence-electron chi connectivity index (χ2n) is 7.36. The van der Waals surface area contributed by atoms with Crippen molar-refractivity contribution in [1.82, 2.24) is 20.4 Å². The third-order valence-corrected chi connectivity index (χ3v) is 5.35. The molecule has 2 heterocycles. The number of nitrogens with one attached hydrogen (secondary N) is 2. The van der Waals surface area contributed by atoms with E-state index in [4.69, 9.17) is 0 Å². The Morgan fingerprint density at radius 3 is 2.57 bits per heavy atom. The van der Waals surface area contributed by atoms with Crippen molar-refractivity contribution in [2.75, 3.05) is 13.1 Å². The number of hydrogen-bond acceptors (Lipinski definition) is 3. The van der Waals surface area contributed by atoms with Gasteiger partial charge in [-0.1, -0.05) is 54.6 Å². The third-order valence-electron chi connectivity index (χ3n) is 5.35. The van der Waals surface area contributed by atoms with Crippen molar-refractivity contribution in [3.05, 3.63) is 78.1 Å². The molecule has 0 radical (unpaired) electrons. The van der Waals surface area contributed by atoms with Gasteiger partial charge in [-0.25, -0.2) is 0 Å². The molecule has 2 atom stereocenters. The summed E-state index contributed by atoms with van der Waals surface area (Å²) in [4.78, 5) is 12.6. The smallest absolute Gasteiger partial charge is 0.272 e. The highest BCUT2D eigenvalue weighted by molar-refractivity contribution is 5.92. The Morgan fingerprint density at radius 2 is 1.86 bits per heavy atom. The molecule has 5 nitrogen and oxygen atoms in total. The maximum absolute atomic E-state index is 12.6. The van der Waals surface area contributed by atoms with E-state index in [1.165, 1.54) is 11.1 Å². The minimum Gasteiger partial charge on any atom is -0.344 e. The number of rotatable bonds is 5. The van der Waals surface area contributed by atoms with Crippen molar-refractivity contribution in [2.45, 2.75) is 31.8 Å². The van der Waals surface area contributed by atoms with Crippen LogP contribution in [0.2, 0.25) is 0 Å². The number of piperidine rings is 1. The number of hydrogen-bond donors (Lipinski definition) is 2. The SMILES string of the molecule is CC(NC(=O)c1ccn(C2CCCNC2)n1)c1ccc(-c2ccccc2)cc1. The summed E-state index contributed by atoms with van der Waals surface area (Å²) in [5.74, 6) is -0.137. The average molecular weight is 374 g/mol. The summed E-state index contributed by atoms with van der Waals surface area (Å²) in [6.45, 7) is 3.97. The molecule has 3 aromatic rings. The van der Waals surface area contributed by atoms with E-state index in [0.29, 0.717) is 11.7 Å². The summed E-state index contributed by atoms with van der Waals surface area (Å²) in [5, 5.41) is 10.9. The van der Waals surface area contributed by atoms with E-state index in [1.54, 1.807) is 6.07 Å². The van der Waals surface area contributed by atoms with Crippen molar-refractivity contribution in [3.8, 4) is 11.1 Å². The van der Waals surface area contributed by atoms with Gasteiger partial charge in [0.05, 0.1) is 12.1 Å². The van der Waals surface area contributed by atoms with Crippen LogP contribution in [0.15, 0.2) is 66.9 Å². The zero-order valence-electron chi connectivity index (χ0n) is 16.1. The molecule has 1 saturated heterocycles. The van der Waals surface area contributed by atoms with Crippen LogP contribution in [0.3, 0.4) is 0 Å². The van der Waals surface area contributed by atoms with E-state index in [9.17, 15) is 4.79 Å². The summed E-state index contributed by atoms with van der Waals surface area (Å²) < 4.78 is 1.92. The van der Waals surface area contributed by atoms with Crippen LogP contribution in [0.25, 0.3) is 11.1 Å².